The van der Waals surface area contributed by atoms with Crippen molar-refractivity contribution >= 4 is 16.6 Å². The highest BCUT2D eigenvalue weighted by Crippen LogP contribution is 2.30. The molecule has 0 aliphatic carbocycles. The molecule has 10 heteroatoms. The van der Waals surface area contributed by atoms with Gasteiger partial charge in [-0.15, -0.1) is 5.10 Å². The van der Waals surface area contributed by atoms with Crippen molar-refractivity contribution in [1.82, 2.24) is 30.1 Å². The normalized spacial score (nSPS) is 14.9. The van der Waals surface area contributed by atoms with E-state index in [9.17, 15) is 9.18 Å². The number of aromatic nitrogens is 5. The van der Waals surface area contributed by atoms with Crippen molar-refractivity contribution in [3.8, 4) is 5.75 Å². The number of benzene rings is 3. The zero-order valence-corrected chi connectivity index (χ0v) is 22.4. The summed E-state index contributed by atoms with van der Waals surface area (Å²) in [5, 5.41) is 13.7. The molecule has 6 rings (SSSR count). The number of H-pyrrole nitrogens is 1. The number of para-hydroxylation sites is 1. The molecule has 1 aliphatic heterocycles. The minimum Gasteiger partial charge on any atom is -0.497 e. The summed E-state index contributed by atoms with van der Waals surface area (Å²) in [7, 11) is 1.63. The highest BCUT2D eigenvalue weighted by atomic mass is 19.1. The van der Waals surface area contributed by atoms with E-state index in [1.165, 1.54) is 6.07 Å². The third kappa shape index (κ3) is 5.05. The van der Waals surface area contributed by atoms with Gasteiger partial charge >= 0.3 is 0 Å². The van der Waals surface area contributed by atoms with Crippen LogP contribution in [-0.4, -0.2) is 63.4 Å². The summed E-state index contributed by atoms with van der Waals surface area (Å²) < 4.78 is 21.5. The van der Waals surface area contributed by atoms with Gasteiger partial charge in [-0.3, -0.25) is 9.69 Å². The molecule has 1 saturated heterocycles. The van der Waals surface area contributed by atoms with E-state index in [2.05, 4.69) is 25.4 Å². The van der Waals surface area contributed by atoms with E-state index < -0.39 is 6.04 Å². The Balaban J connectivity index is 1.37. The average Bonchev–Trinajstić information content (AvgIpc) is 3.42. The number of methoxy groups -OCH3 is 1. The molecule has 204 valence electrons. The number of piperazine rings is 1. The van der Waals surface area contributed by atoms with Crippen molar-refractivity contribution in [2.45, 2.75) is 19.5 Å². The van der Waals surface area contributed by atoms with Gasteiger partial charge in [0, 0.05) is 37.3 Å². The summed E-state index contributed by atoms with van der Waals surface area (Å²) in [5.74, 6) is 1.11. The zero-order valence-electron chi connectivity index (χ0n) is 22.4. The summed E-state index contributed by atoms with van der Waals surface area (Å²) in [6.45, 7) is 4.82. The molecule has 40 heavy (non-hydrogen) atoms. The van der Waals surface area contributed by atoms with Crippen molar-refractivity contribution in [1.29, 1.82) is 0 Å². The lowest BCUT2D eigenvalue weighted by Crippen LogP contribution is -2.49. The maximum atomic E-state index is 14.5. The van der Waals surface area contributed by atoms with Gasteiger partial charge in [0.05, 0.1) is 19.3 Å². The molecule has 0 spiro atoms. The maximum Gasteiger partial charge on any atom is 0.253 e. The summed E-state index contributed by atoms with van der Waals surface area (Å²) in [6.07, 6.45) is 0. The number of pyridine rings is 1. The van der Waals surface area contributed by atoms with Gasteiger partial charge in [0.25, 0.3) is 5.56 Å². The van der Waals surface area contributed by atoms with Crippen molar-refractivity contribution in [2.24, 2.45) is 0 Å². The Morgan fingerprint density at radius 1 is 1.00 bits per heavy atom. The maximum absolute atomic E-state index is 14.5. The summed E-state index contributed by atoms with van der Waals surface area (Å²) in [5.41, 5.74) is 3.83. The van der Waals surface area contributed by atoms with Crippen molar-refractivity contribution < 1.29 is 9.13 Å². The van der Waals surface area contributed by atoms with Crippen LogP contribution in [0.5, 0.6) is 5.75 Å². The molecule has 1 fully saturated rings. The van der Waals surface area contributed by atoms with E-state index >= 15 is 0 Å². The molecule has 2 aromatic heterocycles. The number of hydrogen-bond donors (Lipinski definition) is 1. The number of nitrogens with zero attached hydrogens (tertiary/aromatic N) is 6. The SMILES string of the molecule is COc1ccc(Cn2nnnc2[C@@H](c2cc3ccc(C)cc3[nH]c2=O)N2CCN(c3ccccc3F)CC2)cc1. The van der Waals surface area contributed by atoms with Gasteiger partial charge in [-0.05, 0) is 70.3 Å². The van der Waals surface area contributed by atoms with Gasteiger partial charge in [-0.25, -0.2) is 9.07 Å². The van der Waals surface area contributed by atoms with Gasteiger partial charge in [0.15, 0.2) is 5.82 Å². The number of aromatic amines is 1. The fourth-order valence-electron chi connectivity index (χ4n) is 5.39. The van der Waals surface area contributed by atoms with Crippen LogP contribution in [0.2, 0.25) is 0 Å². The predicted octanol–water partition coefficient (Wildman–Crippen LogP) is 3.93. The summed E-state index contributed by atoms with van der Waals surface area (Å²) in [4.78, 5) is 20.9. The fraction of sp³-hybridized carbons (Fsp3) is 0.267. The number of ether oxygens (including phenoxy) is 1. The summed E-state index contributed by atoms with van der Waals surface area (Å²) >= 11 is 0. The van der Waals surface area contributed by atoms with Gasteiger partial charge < -0.3 is 14.6 Å². The molecule has 1 aliphatic rings. The molecular formula is C30H30FN7O2. The monoisotopic (exact) mass is 539 g/mol. The number of nitrogens with one attached hydrogen (secondary N) is 1. The molecule has 9 nitrogen and oxygen atoms in total. The smallest absolute Gasteiger partial charge is 0.253 e. The first kappa shape index (κ1) is 25.7. The standard InChI is InChI=1S/C30H30FN7O2/c1-20-7-10-22-18-24(30(39)32-26(22)17-20)28(37-15-13-36(14-16-37)27-6-4-3-5-25(27)31)29-33-34-35-38(29)19-21-8-11-23(40-2)12-9-21/h3-12,17-18,28H,13-16,19H2,1-2H3,(H,32,39)/t28-/m1/s1. The lowest BCUT2D eigenvalue weighted by molar-refractivity contribution is 0.200. The van der Waals surface area contributed by atoms with Crippen LogP contribution < -0.4 is 15.2 Å². The van der Waals surface area contributed by atoms with Gasteiger partial charge in [0.2, 0.25) is 0 Å². The third-order valence-electron chi connectivity index (χ3n) is 7.49. The predicted molar refractivity (Wildman–Crippen MR) is 151 cm³/mol. The first-order chi connectivity index (χ1) is 19.5. The molecule has 3 heterocycles. The van der Waals surface area contributed by atoms with Crippen LogP contribution in [-0.2, 0) is 6.54 Å². The van der Waals surface area contributed by atoms with Crippen LogP contribution in [0, 0.1) is 12.7 Å². The second-order valence-electron chi connectivity index (χ2n) is 10.1. The Morgan fingerprint density at radius 2 is 1.77 bits per heavy atom. The zero-order chi connectivity index (χ0) is 27.6. The van der Waals surface area contributed by atoms with E-state index in [0.29, 0.717) is 49.8 Å². The second-order valence-corrected chi connectivity index (χ2v) is 10.1. The number of halogens is 1. The quantitative estimate of drug-likeness (QED) is 0.335. The first-order valence-corrected chi connectivity index (χ1v) is 13.3. The Bertz CT molecular complexity index is 1690. The largest absolute Gasteiger partial charge is 0.497 e. The molecule has 1 N–H and O–H groups in total. The molecule has 1 atom stereocenters. The van der Waals surface area contributed by atoms with Crippen LogP contribution >= 0.6 is 0 Å². The van der Waals surface area contributed by atoms with Gasteiger partial charge in [-0.2, -0.15) is 0 Å². The first-order valence-electron chi connectivity index (χ1n) is 13.3. The van der Waals surface area contributed by atoms with Crippen LogP contribution in [0.3, 0.4) is 0 Å². The molecule has 5 aromatic rings. The molecule has 0 saturated carbocycles. The van der Waals surface area contributed by atoms with Gasteiger partial charge in [-0.1, -0.05) is 36.4 Å². The average molecular weight is 540 g/mol. The number of rotatable bonds is 7. The third-order valence-corrected chi connectivity index (χ3v) is 7.49. The van der Waals surface area contributed by atoms with E-state index in [-0.39, 0.29) is 11.4 Å². The van der Waals surface area contributed by atoms with E-state index in [1.54, 1.807) is 23.9 Å². The van der Waals surface area contributed by atoms with Crippen molar-refractivity contribution in [3.63, 3.8) is 0 Å². The topological polar surface area (TPSA) is 92.2 Å². The molecule has 3 aromatic carbocycles. The minimum absolute atomic E-state index is 0.182. The Hall–Kier alpha value is -4.57. The van der Waals surface area contributed by atoms with Crippen LogP contribution in [0.4, 0.5) is 10.1 Å². The molecule has 0 bridgehead atoms. The van der Waals surface area contributed by atoms with Crippen LogP contribution in [0.15, 0.2) is 77.6 Å². The van der Waals surface area contributed by atoms with Crippen LogP contribution in [0.1, 0.15) is 28.6 Å². The molecule has 0 radical (unpaired) electrons. The molecule has 0 unspecified atom stereocenters. The minimum atomic E-state index is -0.495. The fourth-order valence-corrected chi connectivity index (χ4v) is 5.39. The van der Waals surface area contributed by atoms with Gasteiger partial charge in [0.1, 0.15) is 17.6 Å². The Labute approximate surface area is 230 Å². The lowest BCUT2D eigenvalue weighted by Gasteiger charge is -2.39. The highest BCUT2D eigenvalue weighted by Gasteiger charge is 2.33. The highest BCUT2D eigenvalue weighted by molar-refractivity contribution is 5.79. The van der Waals surface area contributed by atoms with E-state index in [1.807, 2.05) is 66.4 Å². The number of fused-ring (bicyclic) bond motifs is 1. The second kappa shape index (κ2) is 10.9. The number of tetrazole rings is 1. The Morgan fingerprint density at radius 3 is 2.52 bits per heavy atom. The van der Waals surface area contributed by atoms with E-state index in [0.717, 1.165) is 27.8 Å². The number of anilines is 1. The Kier molecular flexibility index (Phi) is 7.00. The van der Waals surface area contributed by atoms with Crippen LogP contribution in [0.25, 0.3) is 10.9 Å². The number of hydrogen-bond acceptors (Lipinski definition) is 7. The lowest BCUT2D eigenvalue weighted by atomic mass is 10.0. The molecular weight excluding hydrogens is 509 g/mol. The van der Waals surface area contributed by atoms with Crippen molar-refractivity contribution in [3.05, 3.63) is 111 Å². The summed E-state index contributed by atoms with van der Waals surface area (Å²) in [6, 6.07) is 22.0. The van der Waals surface area contributed by atoms with E-state index in [4.69, 9.17) is 4.74 Å². The van der Waals surface area contributed by atoms with Crippen molar-refractivity contribution in [2.75, 3.05) is 38.2 Å². The number of aryl methyl sites for hydroxylation is 1. The molecule has 0 amide bonds.